The molecule has 0 unspecified atom stereocenters. The fraction of sp³-hybridized carbons (Fsp3) is 0.182. The monoisotopic (exact) mass is 270 g/mol. The van der Waals surface area contributed by atoms with Crippen molar-refractivity contribution in [3.05, 3.63) is 40.9 Å². The first-order valence-electron chi connectivity index (χ1n) is 4.30. The molecule has 0 aromatic heterocycles. The number of halogens is 1. The minimum Gasteiger partial charge on any atom is -0.489 e. The van der Waals surface area contributed by atoms with Gasteiger partial charge in [-0.2, -0.15) is 0 Å². The van der Waals surface area contributed by atoms with Crippen LogP contribution in [-0.4, -0.2) is 19.7 Å². The summed E-state index contributed by atoms with van der Waals surface area (Å²) in [5.74, 6) is 0.0697. The summed E-state index contributed by atoms with van der Waals surface area (Å²) in [6, 6.07) is 5.16. The number of carbonyl (C=O) groups excluding carboxylic acids is 1. The Morgan fingerprint density at radius 1 is 1.60 bits per heavy atom. The van der Waals surface area contributed by atoms with Crippen molar-refractivity contribution in [2.24, 2.45) is 0 Å². The third-order valence-electron chi connectivity index (χ3n) is 1.70. The van der Waals surface area contributed by atoms with Gasteiger partial charge in [-0.05, 0) is 18.2 Å². The summed E-state index contributed by atoms with van der Waals surface area (Å²) in [6.45, 7) is 3.89. The number of benzene rings is 1. The Bertz CT molecular complexity index is 374. The molecular weight excluding hydrogens is 260 g/mol. The maximum absolute atomic E-state index is 11.4. The van der Waals surface area contributed by atoms with Crippen molar-refractivity contribution < 1.29 is 14.3 Å². The van der Waals surface area contributed by atoms with E-state index in [9.17, 15) is 4.79 Å². The molecule has 0 amide bonds. The number of carbonyl (C=O) groups is 1. The molecule has 0 fully saturated rings. The van der Waals surface area contributed by atoms with Gasteiger partial charge in [0.05, 0.1) is 7.11 Å². The van der Waals surface area contributed by atoms with Gasteiger partial charge >= 0.3 is 5.97 Å². The van der Waals surface area contributed by atoms with E-state index in [1.54, 1.807) is 24.3 Å². The van der Waals surface area contributed by atoms with Crippen LogP contribution < -0.4 is 4.74 Å². The molecule has 0 saturated heterocycles. The van der Waals surface area contributed by atoms with Crippen molar-refractivity contribution >= 4 is 21.9 Å². The Labute approximate surface area is 96.8 Å². The van der Waals surface area contributed by atoms with E-state index in [2.05, 4.69) is 27.2 Å². The maximum atomic E-state index is 11.4. The van der Waals surface area contributed by atoms with Crippen LogP contribution in [0.2, 0.25) is 0 Å². The smallest absolute Gasteiger partial charge is 0.341 e. The third-order valence-corrected chi connectivity index (χ3v) is 2.20. The fourth-order valence-electron chi connectivity index (χ4n) is 1.05. The highest BCUT2D eigenvalue weighted by Gasteiger charge is 2.12. The molecule has 1 aromatic carbocycles. The normalized spacial score (nSPS) is 9.47. The molecule has 0 N–H and O–H groups in total. The minimum absolute atomic E-state index is 0.353. The largest absolute Gasteiger partial charge is 0.489 e. The summed E-state index contributed by atoms with van der Waals surface area (Å²) in [6.07, 6.45) is 1.61. The van der Waals surface area contributed by atoms with Crippen LogP contribution >= 0.6 is 15.9 Å². The predicted octanol–water partition coefficient (Wildman–Crippen LogP) is 2.80. The predicted molar refractivity (Wildman–Crippen MR) is 61.2 cm³/mol. The molecule has 0 radical (unpaired) electrons. The van der Waals surface area contributed by atoms with Gasteiger partial charge in [0.15, 0.2) is 0 Å². The van der Waals surface area contributed by atoms with E-state index in [1.165, 1.54) is 7.11 Å². The van der Waals surface area contributed by atoms with Gasteiger partial charge in [0.25, 0.3) is 0 Å². The lowest BCUT2D eigenvalue weighted by molar-refractivity contribution is 0.0596. The third kappa shape index (κ3) is 3.09. The molecule has 0 aliphatic heterocycles. The quantitative estimate of drug-likeness (QED) is 0.624. The second kappa shape index (κ2) is 5.56. The lowest BCUT2D eigenvalue weighted by atomic mass is 10.2. The first-order chi connectivity index (χ1) is 7.19. The lowest BCUT2D eigenvalue weighted by Crippen LogP contribution is -2.05. The summed E-state index contributed by atoms with van der Waals surface area (Å²) < 4.78 is 10.8. The zero-order valence-corrected chi connectivity index (χ0v) is 9.91. The lowest BCUT2D eigenvalue weighted by Gasteiger charge is -2.08. The Kier molecular flexibility index (Phi) is 4.37. The van der Waals surface area contributed by atoms with Crippen molar-refractivity contribution in [1.82, 2.24) is 0 Å². The first kappa shape index (κ1) is 11.8. The maximum Gasteiger partial charge on any atom is 0.341 e. The Hall–Kier alpha value is -1.29. The van der Waals surface area contributed by atoms with E-state index in [4.69, 9.17) is 4.74 Å². The van der Waals surface area contributed by atoms with E-state index < -0.39 is 5.97 Å². The topological polar surface area (TPSA) is 35.5 Å². The van der Waals surface area contributed by atoms with Crippen molar-refractivity contribution in [1.29, 1.82) is 0 Å². The molecule has 0 saturated carbocycles. The summed E-state index contributed by atoms with van der Waals surface area (Å²) in [5, 5.41) is 0. The summed E-state index contributed by atoms with van der Waals surface area (Å²) in [5.41, 5.74) is 0.397. The van der Waals surface area contributed by atoms with Gasteiger partial charge in [-0.15, -0.1) is 0 Å². The summed E-state index contributed by atoms with van der Waals surface area (Å²) in [4.78, 5) is 11.4. The highest BCUT2D eigenvalue weighted by Crippen LogP contribution is 2.23. The van der Waals surface area contributed by atoms with Crippen LogP contribution in [0.4, 0.5) is 0 Å². The molecule has 0 aliphatic carbocycles. The minimum atomic E-state index is -0.421. The molecule has 15 heavy (non-hydrogen) atoms. The average molecular weight is 271 g/mol. The van der Waals surface area contributed by atoms with Crippen LogP contribution in [0.3, 0.4) is 0 Å². The molecule has 1 rings (SSSR count). The van der Waals surface area contributed by atoms with E-state index >= 15 is 0 Å². The molecule has 0 atom stereocenters. The van der Waals surface area contributed by atoms with Crippen molar-refractivity contribution in [2.75, 3.05) is 13.7 Å². The Morgan fingerprint density at radius 2 is 2.33 bits per heavy atom. The molecule has 0 spiro atoms. The number of rotatable bonds is 4. The van der Waals surface area contributed by atoms with Crippen molar-refractivity contribution in [3.63, 3.8) is 0 Å². The van der Waals surface area contributed by atoms with Gasteiger partial charge in [-0.1, -0.05) is 28.6 Å². The molecular formula is C11H11BrO3. The molecule has 4 heteroatoms. The Balaban J connectivity index is 3.02. The van der Waals surface area contributed by atoms with Crippen LogP contribution in [-0.2, 0) is 4.74 Å². The van der Waals surface area contributed by atoms with Crippen LogP contribution in [0.25, 0.3) is 0 Å². The van der Waals surface area contributed by atoms with Gasteiger partial charge in [0.1, 0.15) is 17.9 Å². The zero-order valence-electron chi connectivity index (χ0n) is 8.33. The van der Waals surface area contributed by atoms with Gasteiger partial charge in [0, 0.05) is 4.47 Å². The summed E-state index contributed by atoms with van der Waals surface area (Å²) in [7, 11) is 1.33. The van der Waals surface area contributed by atoms with Gasteiger partial charge in [0.2, 0.25) is 0 Å². The van der Waals surface area contributed by atoms with Gasteiger partial charge in [-0.3, -0.25) is 0 Å². The van der Waals surface area contributed by atoms with Crippen LogP contribution in [0.5, 0.6) is 5.75 Å². The van der Waals surface area contributed by atoms with Crippen molar-refractivity contribution in [2.45, 2.75) is 0 Å². The van der Waals surface area contributed by atoms with Gasteiger partial charge in [-0.25, -0.2) is 4.79 Å². The molecule has 1 aromatic rings. The standard InChI is InChI=1S/C11H11BrO3/c1-3-6-15-10-5-4-8(12)7-9(10)11(13)14-2/h3-5,7H,1,6H2,2H3. The second-order valence-corrected chi connectivity index (χ2v) is 3.65. The fourth-order valence-corrected chi connectivity index (χ4v) is 1.41. The first-order valence-corrected chi connectivity index (χ1v) is 5.10. The number of hydrogen-bond donors (Lipinski definition) is 0. The number of methoxy groups -OCH3 is 1. The van der Waals surface area contributed by atoms with Gasteiger partial charge < -0.3 is 9.47 Å². The van der Waals surface area contributed by atoms with E-state index in [0.29, 0.717) is 17.9 Å². The molecule has 0 heterocycles. The molecule has 0 aliphatic rings. The SMILES string of the molecule is C=CCOc1ccc(Br)cc1C(=O)OC. The van der Waals surface area contributed by atoms with Crippen LogP contribution in [0.15, 0.2) is 35.3 Å². The van der Waals surface area contributed by atoms with E-state index in [0.717, 1.165) is 4.47 Å². The van der Waals surface area contributed by atoms with Crippen molar-refractivity contribution in [3.8, 4) is 5.75 Å². The van der Waals surface area contributed by atoms with Crippen LogP contribution in [0.1, 0.15) is 10.4 Å². The highest BCUT2D eigenvalue weighted by atomic mass is 79.9. The molecule has 0 bridgehead atoms. The number of esters is 1. The van der Waals surface area contributed by atoms with E-state index in [-0.39, 0.29) is 0 Å². The zero-order chi connectivity index (χ0) is 11.3. The average Bonchev–Trinajstić information content (AvgIpc) is 2.26. The van der Waals surface area contributed by atoms with E-state index in [1.807, 2.05) is 0 Å². The Morgan fingerprint density at radius 3 is 2.93 bits per heavy atom. The number of hydrogen-bond acceptors (Lipinski definition) is 3. The molecule has 80 valence electrons. The summed E-state index contributed by atoms with van der Waals surface area (Å²) >= 11 is 3.28. The van der Waals surface area contributed by atoms with Crippen LogP contribution in [0, 0.1) is 0 Å². The number of ether oxygens (including phenoxy) is 2. The molecule has 3 nitrogen and oxygen atoms in total. The highest BCUT2D eigenvalue weighted by molar-refractivity contribution is 9.10. The second-order valence-electron chi connectivity index (χ2n) is 2.73.